The average molecular weight is 331 g/mol. The number of hydrogen-bond acceptors (Lipinski definition) is 5. The first-order valence-corrected chi connectivity index (χ1v) is 9.34. The second kappa shape index (κ2) is 9.16. The van der Waals surface area contributed by atoms with Gasteiger partial charge in [-0.1, -0.05) is 32.4 Å². The molecule has 22 heavy (non-hydrogen) atoms. The van der Waals surface area contributed by atoms with Gasteiger partial charge in [0.2, 0.25) is 0 Å². The van der Waals surface area contributed by atoms with Crippen molar-refractivity contribution in [1.29, 1.82) is 0 Å². The molecular weight excluding hydrogens is 296 g/mol. The summed E-state index contributed by atoms with van der Waals surface area (Å²) in [7, 11) is 0. The Morgan fingerprint density at radius 3 is 2.18 bits per heavy atom. The normalized spacial score (nSPS) is 22.8. The van der Waals surface area contributed by atoms with Gasteiger partial charge in [-0.2, -0.15) is 0 Å². The van der Waals surface area contributed by atoms with Crippen LogP contribution < -0.4 is 10.0 Å². The summed E-state index contributed by atoms with van der Waals surface area (Å²) in [6.07, 6.45) is 6.26. The van der Waals surface area contributed by atoms with E-state index < -0.39 is 0 Å². The van der Waals surface area contributed by atoms with Crippen LogP contribution in [0, 0.1) is 5.92 Å². The van der Waals surface area contributed by atoms with E-state index >= 15 is 0 Å². The molecule has 0 amide bonds. The molecule has 0 aromatic heterocycles. The molecule has 130 valence electrons. The van der Waals surface area contributed by atoms with E-state index in [-0.39, 0.29) is 16.7 Å². The fraction of sp³-hybridized carbons (Fsp3) is 0.882. The van der Waals surface area contributed by atoms with Gasteiger partial charge in [-0.3, -0.25) is 0 Å². The van der Waals surface area contributed by atoms with E-state index in [2.05, 4.69) is 37.4 Å². The molecule has 2 rings (SSSR count). The monoisotopic (exact) mass is 330 g/mol. The van der Waals surface area contributed by atoms with Crippen LogP contribution in [0.4, 0.5) is 0 Å². The van der Waals surface area contributed by atoms with Crippen molar-refractivity contribution >= 4 is 11.9 Å². The molecule has 1 saturated carbocycles. The minimum Gasteiger partial charge on any atom is -0.375 e. The predicted octanol–water partition coefficient (Wildman–Crippen LogP) is 4.04. The maximum atomic E-state index is 5.80. The third-order valence-electron chi connectivity index (χ3n) is 3.87. The van der Waals surface area contributed by atoms with Crippen molar-refractivity contribution in [2.24, 2.45) is 5.92 Å². The summed E-state index contributed by atoms with van der Waals surface area (Å²) in [4.78, 5) is 0. The molecule has 5 heteroatoms. The highest BCUT2D eigenvalue weighted by molar-refractivity contribution is 7.98. The van der Waals surface area contributed by atoms with Crippen molar-refractivity contribution in [3.8, 4) is 0 Å². The molecule has 0 aromatic rings. The zero-order valence-electron chi connectivity index (χ0n) is 14.9. The van der Waals surface area contributed by atoms with Gasteiger partial charge >= 0.3 is 0 Å². The van der Waals surface area contributed by atoms with Crippen LogP contribution >= 0.6 is 11.9 Å². The summed E-state index contributed by atoms with van der Waals surface area (Å²) in [5.41, 5.74) is 0. The molecule has 0 radical (unpaired) electrons. The molecule has 1 heterocycles. The quantitative estimate of drug-likeness (QED) is 0.588. The molecule has 2 aliphatic rings. The van der Waals surface area contributed by atoms with Gasteiger partial charge in [-0.15, -0.1) is 0 Å². The van der Waals surface area contributed by atoms with Crippen LogP contribution in [0.15, 0.2) is 12.8 Å². The number of hydrogen-bond donors (Lipinski definition) is 2. The first kappa shape index (κ1) is 19.8. The fourth-order valence-electron chi connectivity index (χ4n) is 2.83. The minimum absolute atomic E-state index is 0.203. The van der Waals surface area contributed by atoms with Crippen LogP contribution in [0.2, 0.25) is 0 Å². The second-order valence-corrected chi connectivity index (χ2v) is 8.29. The van der Waals surface area contributed by atoms with Gasteiger partial charge < -0.3 is 14.8 Å². The van der Waals surface area contributed by atoms with Gasteiger partial charge in [0.25, 0.3) is 0 Å². The second-order valence-electron chi connectivity index (χ2n) is 6.63. The lowest BCUT2D eigenvalue weighted by atomic mass is 9.83. The van der Waals surface area contributed by atoms with E-state index in [1.54, 1.807) is 18.1 Å². The highest BCUT2D eigenvalue weighted by Gasteiger charge is 2.41. The van der Waals surface area contributed by atoms with Crippen molar-refractivity contribution in [2.75, 3.05) is 13.2 Å². The lowest BCUT2D eigenvalue weighted by Gasteiger charge is -2.39. The number of nitrogens with one attached hydrogen (secondary N) is 2. The first-order valence-electron chi connectivity index (χ1n) is 8.53. The van der Waals surface area contributed by atoms with Crippen molar-refractivity contribution < 1.29 is 9.47 Å². The Morgan fingerprint density at radius 2 is 1.73 bits per heavy atom. The van der Waals surface area contributed by atoms with E-state index in [0.717, 1.165) is 38.9 Å². The number of rotatable bonds is 5. The smallest absolute Gasteiger partial charge is 0.168 e. The van der Waals surface area contributed by atoms with E-state index in [1.807, 2.05) is 13.8 Å². The van der Waals surface area contributed by atoms with E-state index in [1.165, 1.54) is 0 Å². The third kappa shape index (κ3) is 6.11. The van der Waals surface area contributed by atoms with Gasteiger partial charge in [0, 0.05) is 17.6 Å². The molecule has 1 spiro atoms. The zero-order chi connectivity index (χ0) is 16.6. The Bertz CT molecular complexity index is 315. The van der Waals surface area contributed by atoms with Gasteiger partial charge in [-0.05, 0) is 45.7 Å². The first-order chi connectivity index (χ1) is 10.4. The Labute approximate surface area is 140 Å². The summed E-state index contributed by atoms with van der Waals surface area (Å²) in [5, 5.41) is 3.35. The van der Waals surface area contributed by atoms with Crippen LogP contribution in [0.5, 0.6) is 0 Å². The Balaban J connectivity index is 0.00000116. The third-order valence-corrected chi connectivity index (χ3v) is 4.85. The largest absolute Gasteiger partial charge is 0.375 e. The molecule has 0 aromatic carbocycles. The van der Waals surface area contributed by atoms with Gasteiger partial charge in [0.05, 0.1) is 19.4 Å². The standard InChI is InChI=1S/C15H28N2O2S.C2H6/c1-5-16-13(17-20-14(2,3)4)12-6-8-15(9-7-12)18-10-11-19-15;1-2/h5,12-13,16-17H,1,6-11H2,2-4H3;1-2H3. The van der Waals surface area contributed by atoms with Crippen molar-refractivity contribution in [1.82, 2.24) is 10.0 Å². The molecule has 1 aliphatic heterocycles. The SMILES string of the molecule is C=CNC(NSC(C)(C)C)C1CCC2(CC1)OCCO2.CC. The maximum Gasteiger partial charge on any atom is 0.168 e. The lowest BCUT2D eigenvalue weighted by Crippen LogP contribution is -2.47. The Hall–Kier alpha value is -0.230. The fourth-order valence-corrected chi connectivity index (χ4v) is 3.57. The highest BCUT2D eigenvalue weighted by Crippen LogP contribution is 2.39. The van der Waals surface area contributed by atoms with E-state index in [4.69, 9.17) is 9.47 Å². The molecule has 1 unspecified atom stereocenters. The molecule has 1 saturated heterocycles. The van der Waals surface area contributed by atoms with Crippen LogP contribution in [-0.2, 0) is 9.47 Å². The van der Waals surface area contributed by atoms with Crippen molar-refractivity contribution in [3.05, 3.63) is 12.8 Å². The minimum atomic E-state index is -0.271. The van der Waals surface area contributed by atoms with Crippen LogP contribution in [0.25, 0.3) is 0 Å². The Morgan fingerprint density at radius 1 is 1.18 bits per heavy atom. The van der Waals surface area contributed by atoms with E-state index in [9.17, 15) is 0 Å². The molecule has 2 N–H and O–H groups in total. The highest BCUT2D eigenvalue weighted by atomic mass is 32.2. The van der Waals surface area contributed by atoms with Crippen molar-refractivity contribution in [2.45, 2.75) is 77.0 Å². The van der Waals surface area contributed by atoms with Gasteiger partial charge in [-0.25, -0.2) is 4.72 Å². The van der Waals surface area contributed by atoms with Gasteiger partial charge in [0.1, 0.15) is 0 Å². The average Bonchev–Trinajstić information content (AvgIpc) is 2.94. The summed E-state index contributed by atoms with van der Waals surface area (Å²) in [5.74, 6) is 0.313. The zero-order valence-corrected chi connectivity index (χ0v) is 15.7. The summed E-state index contributed by atoms with van der Waals surface area (Å²) in [6, 6.07) is 0. The van der Waals surface area contributed by atoms with Crippen LogP contribution in [0.3, 0.4) is 0 Å². The Kier molecular flexibility index (Phi) is 8.25. The lowest BCUT2D eigenvalue weighted by molar-refractivity contribution is -0.183. The molecule has 2 fully saturated rings. The summed E-state index contributed by atoms with van der Waals surface area (Å²) >= 11 is 1.78. The molecule has 1 aliphatic carbocycles. The van der Waals surface area contributed by atoms with Crippen molar-refractivity contribution in [3.63, 3.8) is 0 Å². The maximum absolute atomic E-state index is 5.80. The predicted molar refractivity (Wildman–Crippen MR) is 95.5 cm³/mol. The molecule has 4 nitrogen and oxygen atoms in total. The molecular formula is C17H34N2O2S. The molecule has 1 atom stereocenters. The van der Waals surface area contributed by atoms with Gasteiger partial charge in [0.15, 0.2) is 5.79 Å². The van der Waals surface area contributed by atoms with Crippen LogP contribution in [-0.4, -0.2) is 29.9 Å². The van der Waals surface area contributed by atoms with E-state index in [0.29, 0.717) is 5.92 Å². The van der Waals surface area contributed by atoms with Crippen LogP contribution in [0.1, 0.15) is 60.3 Å². The topological polar surface area (TPSA) is 42.5 Å². The summed E-state index contributed by atoms with van der Waals surface area (Å²) < 4.78 is 15.4. The summed E-state index contributed by atoms with van der Waals surface area (Å²) in [6.45, 7) is 15.9. The number of ether oxygens (including phenoxy) is 2. The molecule has 0 bridgehead atoms.